The van der Waals surface area contributed by atoms with E-state index in [0.717, 1.165) is 27.8 Å². The summed E-state index contributed by atoms with van der Waals surface area (Å²) in [4.78, 5) is 17.6. The minimum Gasteiger partial charge on any atom is -0.377 e. The molecule has 4 nitrogen and oxygen atoms in total. The summed E-state index contributed by atoms with van der Waals surface area (Å²) in [5.41, 5.74) is 9.07. The molecule has 0 atom stereocenters. The van der Waals surface area contributed by atoms with Gasteiger partial charge < -0.3 is 10.6 Å². The molecule has 0 aliphatic heterocycles. The second kappa shape index (κ2) is 5.67. The van der Waals surface area contributed by atoms with Crippen LogP contribution in [0.1, 0.15) is 17.7 Å². The first kappa shape index (κ1) is 14.6. The van der Waals surface area contributed by atoms with E-state index in [0.29, 0.717) is 17.9 Å². The zero-order valence-electron chi connectivity index (χ0n) is 11.9. The highest BCUT2D eigenvalue weighted by atomic mass is 35.5. The lowest BCUT2D eigenvalue weighted by molar-refractivity contribution is -0.117. The third-order valence-corrected chi connectivity index (χ3v) is 3.40. The molecule has 1 amide bonds. The predicted molar refractivity (Wildman–Crippen MR) is 83.3 cm³/mol. The summed E-state index contributed by atoms with van der Waals surface area (Å²) < 4.78 is 0. The van der Waals surface area contributed by atoms with E-state index in [4.69, 9.17) is 17.3 Å². The van der Waals surface area contributed by atoms with Crippen LogP contribution >= 0.6 is 11.6 Å². The lowest BCUT2D eigenvalue weighted by Crippen LogP contribution is -2.12. The fraction of sp³-hybridized carbons (Fsp3) is 0.333. The molecule has 0 saturated heterocycles. The van der Waals surface area contributed by atoms with E-state index in [2.05, 4.69) is 4.98 Å². The molecule has 1 heterocycles. The third kappa shape index (κ3) is 3.02. The van der Waals surface area contributed by atoms with Crippen molar-refractivity contribution < 1.29 is 4.79 Å². The summed E-state index contributed by atoms with van der Waals surface area (Å²) >= 11 is 6.19. The summed E-state index contributed by atoms with van der Waals surface area (Å²) in [5, 5.41) is 1.64. The largest absolute Gasteiger partial charge is 0.377 e. The van der Waals surface area contributed by atoms with Crippen molar-refractivity contribution in [2.45, 2.75) is 19.8 Å². The molecule has 0 spiro atoms. The maximum Gasteiger partial charge on any atom is 0.217 e. The van der Waals surface area contributed by atoms with Gasteiger partial charge in [0.2, 0.25) is 5.91 Å². The van der Waals surface area contributed by atoms with Gasteiger partial charge in [0.1, 0.15) is 0 Å². The van der Waals surface area contributed by atoms with E-state index in [-0.39, 0.29) is 5.91 Å². The van der Waals surface area contributed by atoms with E-state index in [1.807, 2.05) is 44.1 Å². The second-order valence-electron chi connectivity index (χ2n) is 5.10. The standard InChI is InChI=1S/C15H18ClN3O/c1-9-6-13(19(2)3)12-8-11(16)7-10(15(12)18-9)4-5-14(17)20/h6-8H,4-5H2,1-3H3,(H2,17,20). The lowest BCUT2D eigenvalue weighted by Gasteiger charge is -2.18. The molecule has 20 heavy (non-hydrogen) atoms. The highest BCUT2D eigenvalue weighted by Gasteiger charge is 2.12. The van der Waals surface area contributed by atoms with E-state index in [9.17, 15) is 4.79 Å². The molecular formula is C15H18ClN3O. The number of aryl methyl sites for hydroxylation is 2. The van der Waals surface area contributed by atoms with Crippen LogP contribution in [-0.2, 0) is 11.2 Å². The number of aromatic nitrogens is 1. The predicted octanol–water partition coefficient (Wildman–Crippen LogP) is 2.68. The van der Waals surface area contributed by atoms with Crippen molar-refractivity contribution in [3.8, 4) is 0 Å². The summed E-state index contributed by atoms with van der Waals surface area (Å²) in [5.74, 6) is -0.321. The topological polar surface area (TPSA) is 59.2 Å². The van der Waals surface area contributed by atoms with Gasteiger partial charge in [0.25, 0.3) is 0 Å². The molecule has 5 heteroatoms. The molecule has 2 aromatic rings. The number of fused-ring (bicyclic) bond motifs is 1. The quantitative estimate of drug-likeness (QED) is 0.942. The Bertz CT molecular complexity index is 668. The third-order valence-electron chi connectivity index (χ3n) is 3.19. The molecule has 0 fully saturated rings. The number of pyridine rings is 1. The molecule has 0 bridgehead atoms. The fourth-order valence-corrected chi connectivity index (χ4v) is 2.53. The molecule has 1 aromatic heterocycles. The van der Waals surface area contributed by atoms with Gasteiger partial charge in [0.05, 0.1) is 5.52 Å². The average molecular weight is 292 g/mol. The van der Waals surface area contributed by atoms with Crippen LogP contribution in [0.2, 0.25) is 5.02 Å². The van der Waals surface area contributed by atoms with E-state index >= 15 is 0 Å². The Morgan fingerprint density at radius 2 is 2.05 bits per heavy atom. The van der Waals surface area contributed by atoms with E-state index in [1.54, 1.807) is 0 Å². The SMILES string of the molecule is Cc1cc(N(C)C)c2cc(Cl)cc(CCC(N)=O)c2n1. The van der Waals surface area contributed by atoms with Crippen molar-refractivity contribution in [3.63, 3.8) is 0 Å². The summed E-state index contributed by atoms with van der Waals surface area (Å²) in [6, 6.07) is 5.79. The minimum atomic E-state index is -0.321. The fourth-order valence-electron chi connectivity index (χ4n) is 2.29. The number of benzene rings is 1. The van der Waals surface area contributed by atoms with Crippen LogP contribution in [-0.4, -0.2) is 25.0 Å². The smallest absolute Gasteiger partial charge is 0.217 e. The Labute approximate surface area is 123 Å². The maximum absolute atomic E-state index is 11.0. The Morgan fingerprint density at radius 3 is 2.65 bits per heavy atom. The zero-order chi connectivity index (χ0) is 14.9. The van der Waals surface area contributed by atoms with Gasteiger partial charge in [0, 0.05) is 42.3 Å². The molecule has 2 N–H and O–H groups in total. The number of carbonyl (C=O) groups is 1. The van der Waals surface area contributed by atoms with Crippen LogP contribution in [0.15, 0.2) is 18.2 Å². The molecule has 0 unspecified atom stereocenters. The Balaban J connectivity index is 2.66. The number of rotatable bonds is 4. The van der Waals surface area contributed by atoms with Gasteiger partial charge in [-0.1, -0.05) is 11.6 Å². The molecule has 1 aromatic carbocycles. The number of hydrogen-bond acceptors (Lipinski definition) is 3. The minimum absolute atomic E-state index is 0.294. The van der Waals surface area contributed by atoms with Crippen LogP contribution in [0.4, 0.5) is 5.69 Å². The number of carbonyl (C=O) groups excluding carboxylic acids is 1. The Morgan fingerprint density at radius 1 is 1.35 bits per heavy atom. The van der Waals surface area contributed by atoms with Gasteiger partial charge in [0.15, 0.2) is 0 Å². The first-order chi connectivity index (χ1) is 9.38. The van der Waals surface area contributed by atoms with E-state index in [1.165, 1.54) is 0 Å². The van der Waals surface area contributed by atoms with Crippen molar-refractivity contribution >= 4 is 34.1 Å². The number of primary amides is 1. The van der Waals surface area contributed by atoms with Crippen LogP contribution in [0, 0.1) is 6.92 Å². The normalized spacial score (nSPS) is 10.8. The summed E-state index contributed by atoms with van der Waals surface area (Å²) in [6.07, 6.45) is 0.845. The Kier molecular flexibility index (Phi) is 4.14. The van der Waals surface area contributed by atoms with Crippen molar-refractivity contribution in [3.05, 3.63) is 34.5 Å². The number of halogens is 1. The molecule has 0 aliphatic rings. The van der Waals surface area contributed by atoms with Gasteiger partial charge in [-0.15, -0.1) is 0 Å². The Hall–Kier alpha value is -1.81. The van der Waals surface area contributed by atoms with Gasteiger partial charge in [-0.3, -0.25) is 9.78 Å². The average Bonchev–Trinajstić information content (AvgIpc) is 2.35. The van der Waals surface area contributed by atoms with Crippen molar-refractivity contribution in [1.29, 1.82) is 0 Å². The number of nitrogens with zero attached hydrogens (tertiary/aromatic N) is 2. The van der Waals surface area contributed by atoms with Gasteiger partial charge in [-0.2, -0.15) is 0 Å². The molecule has 0 saturated carbocycles. The van der Waals surface area contributed by atoms with Crippen molar-refractivity contribution in [2.24, 2.45) is 5.73 Å². The van der Waals surface area contributed by atoms with Crippen LogP contribution in [0.5, 0.6) is 0 Å². The van der Waals surface area contributed by atoms with Gasteiger partial charge in [-0.25, -0.2) is 0 Å². The lowest BCUT2D eigenvalue weighted by atomic mass is 10.0. The number of nitrogens with two attached hydrogens (primary N) is 1. The summed E-state index contributed by atoms with van der Waals surface area (Å²) in [7, 11) is 3.97. The molecule has 0 radical (unpaired) electrons. The highest BCUT2D eigenvalue weighted by Crippen LogP contribution is 2.31. The van der Waals surface area contributed by atoms with Crippen LogP contribution in [0.25, 0.3) is 10.9 Å². The maximum atomic E-state index is 11.0. The first-order valence-corrected chi connectivity index (χ1v) is 6.81. The number of anilines is 1. The van der Waals surface area contributed by atoms with Crippen molar-refractivity contribution in [2.75, 3.05) is 19.0 Å². The molecule has 106 valence electrons. The van der Waals surface area contributed by atoms with Crippen LogP contribution in [0.3, 0.4) is 0 Å². The monoisotopic (exact) mass is 291 g/mol. The van der Waals surface area contributed by atoms with Gasteiger partial charge in [-0.05, 0) is 37.1 Å². The zero-order valence-corrected chi connectivity index (χ0v) is 12.7. The second-order valence-corrected chi connectivity index (χ2v) is 5.54. The first-order valence-electron chi connectivity index (χ1n) is 6.44. The molecule has 2 rings (SSSR count). The van der Waals surface area contributed by atoms with Gasteiger partial charge >= 0.3 is 0 Å². The van der Waals surface area contributed by atoms with Crippen LogP contribution < -0.4 is 10.6 Å². The molecule has 0 aliphatic carbocycles. The van der Waals surface area contributed by atoms with E-state index < -0.39 is 0 Å². The molecular weight excluding hydrogens is 274 g/mol. The number of hydrogen-bond donors (Lipinski definition) is 1. The number of amides is 1. The summed E-state index contributed by atoms with van der Waals surface area (Å²) in [6.45, 7) is 1.96. The van der Waals surface area contributed by atoms with Crippen molar-refractivity contribution in [1.82, 2.24) is 4.98 Å². The highest BCUT2D eigenvalue weighted by molar-refractivity contribution is 6.31.